The van der Waals surface area contributed by atoms with Gasteiger partial charge in [0.1, 0.15) is 17.5 Å². The Morgan fingerprint density at radius 1 is 0.467 bits per heavy atom. The largest absolute Gasteiger partial charge is 0.466 e. The van der Waals surface area contributed by atoms with Gasteiger partial charge in [0, 0.05) is 25.9 Å². The highest BCUT2D eigenvalue weighted by Gasteiger charge is 2.20. The highest BCUT2D eigenvalue weighted by atomic mass is 16.5. The molecule has 350 valence electrons. The van der Waals surface area contributed by atoms with Gasteiger partial charge in [-0.1, -0.05) is 162 Å². The zero-order valence-electron chi connectivity index (χ0n) is 39.8. The van der Waals surface area contributed by atoms with Gasteiger partial charge in [0.15, 0.2) is 0 Å². The molecule has 0 saturated heterocycles. The Bertz CT molecular complexity index is 1200. The zero-order valence-corrected chi connectivity index (χ0v) is 39.8. The van der Waals surface area contributed by atoms with E-state index in [9.17, 15) is 19.2 Å². The number of unbranched alkanes of at least 4 members (excludes halogenated alkanes) is 24. The molecule has 1 aromatic rings. The lowest BCUT2D eigenvalue weighted by Crippen LogP contribution is -2.38. The van der Waals surface area contributed by atoms with E-state index < -0.39 is 10.9 Å². The lowest BCUT2D eigenvalue weighted by atomic mass is 10.0. The number of rotatable bonds is 46. The summed E-state index contributed by atoms with van der Waals surface area (Å²) in [6.45, 7) is 13.5. The number of nitrogens with zero attached hydrogens (tertiary/aromatic N) is 1. The smallest absolute Gasteiger partial charge is 0.306 e. The fourth-order valence-corrected chi connectivity index (χ4v) is 8.16. The van der Waals surface area contributed by atoms with Crippen LogP contribution >= 0.6 is 0 Å². The van der Waals surface area contributed by atoms with Gasteiger partial charge in [-0.05, 0) is 90.8 Å². The summed E-state index contributed by atoms with van der Waals surface area (Å²) in [7, 11) is 0. The quantitative estimate of drug-likeness (QED) is 0.0376. The Hall–Kier alpha value is -2.42. The van der Waals surface area contributed by atoms with E-state index in [1.54, 1.807) is 0 Å². The summed E-state index contributed by atoms with van der Waals surface area (Å²) in [5.41, 5.74) is 0.0217. The molecule has 1 aromatic carbocycles. The maximum Gasteiger partial charge on any atom is 0.306 e. The van der Waals surface area contributed by atoms with Crippen molar-refractivity contribution in [1.29, 1.82) is 0 Å². The summed E-state index contributed by atoms with van der Waals surface area (Å²) < 4.78 is 11.5. The van der Waals surface area contributed by atoms with E-state index in [2.05, 4.69) is 36.3 Å². The molecule has 0 aliphatic heterocycles. The molecule has 0 aliphatic carbocycles. The molecule has 2 N–H and O–H groups in total. The van der Waals surface area contributed by atoms with Gasteiger partial charge < -0.3 is 25.0 Å². The first kappa shape index (κ1) is 55.6. The molecule has 0 fully saturated rings. The summed E-state index contributed by atoms with van der Waals surface area (Å²) in [6, 6.07) is 0. The van der Waals surface area contributed by atoms with Gasteiger partial charge in [-0.2, -0.15) is 0 Å². The Kier molecular flexibility index (Phi) is 37.7. The topological polar surface area (TPSA) is 114 Å². The van der Waals surface area contributed by atoms with E-state index in [4.69, 9.17) is 9.47 Å². The summed E-state index contributed by atoms with van der Waals surface area (Å²) >= 11 is 0. The number of esters is 2. The molecule has 0 atom stereocenters. The van der Waals surface area contributed by atoms with Gasteiger partial charge in [0.2, 0.25) is 0 Å². The average Bonchev–Trinajstić information content (AvgIpc) is 3.24. The highest BCUT2D eigenvalue weighted by molar-refractivity contribution is 5.73. The van der Waals surface area contributed by atoms with Crippen LogP contribution in [0, 0.1) is 0 Å². The SMILES string of the molecule is CCCCCCCCCOC(=O)CCCCCCCN(CCCCCCCC(=O)OC(CCCCCCCC)CCCCCCCC)CCCNc1c(NCC)c(=O)c1=O. The van der Waals surface area contributed by atoms with Gasteiger partial charge in [-0.3, -0.25) is 19.2 Å². The van der Waals surface area contributed by atoms with Gasteiger partial charge >= 0.3 is 11.9 Å². The van der Waals surface area contributed by atoms with E-state index >= 15 is 0 Å². The van der Waals surface area contributed by atoms with E-state index in [1.165, 1.54) is 109 Å². The fraction of sp³-hybridized carbons (Fsp3) is 0.882. The molecule has 1 rings (SSSR count). The number of nitrogens with one attached hydrogen (secondary N) is 2. The van der Waals surface area contributed by atoms with Crippen molar-refractivity contribution in [2.24, 2.45) is 0 Å². The molecule has 0 heterocycles. The first-order chi connectivity index (χ1) is 29.4. The van der Waals surface area contributed by atoms with Crippen molar-refractivity contribution in [3.63, 3.8) is 0 Å². The van der Waals surface area contributed by atoms with Crippen LogP contribution in [0.15, 0.2) is 9.59 Å². The molecule has 0 aromatic heterocycles. The van der Waals surface area contributed by atoms with Crippen LogP contribution in [0.25, 0.3) is 0 Å². The summed E-state index contributed by atoms with van der Waals surface area (Å²) in [4.78, 5) is 51.5. The standard InChI is InChI=1S/C51H95N3O6/c1-5-9-12-15-18-27-34-44-59-46(55)38-30-23-19-25-32-41-54(43-35-40-53-49-48(52-8-4)50(57)51(49)58)42-33-26-20-24-31-39-47(56)60-45(36-28-21-16-13-10-6-2)37-29-22-17-14-11-7-3/h45,52-53H,5-44H2,1-4H3. The van der Waals surface area contributed by atoms with Crippen LogP contribution in [-0.4, -0.2) is 62.3 Å². The van der Waals surface area contributed by atoms with E-state index in [0.717, 1.165) is 116 Å². The Labute approximate surface area is 368 Å². The second-order valence-corrected chi connectivity index (χ2v) is 17.7. The molecular weight excluding hydrogens is 751 g/mol. The monoisotopic (exact) mass is 846 g/mol. The minimum atomic E-state index is -0.422. The Morgan fingerprint density at radius 2 is 0.867 bits per heavy atom. The number of hydrogen-bond acceptors (Lipinski definition) is 9. The van der Waals surface area contributed by atoms with Crippen molar-refractivity contribution in [2.45, 2.75) is 252 Å². The van der Waals surface area contributed by atoms with Crippen LogP contribution < -0.4 is 21.5 Å². The molecule has 0 aliphatic rings. The van der Waals surface area contributed by atoms with Crippen molar-refractivity contribution < 1.29 is 19.1 Å². The zero-order chi connectivity index (χ0) is 43.7. The van der Waals surface area contributed by atoms with Crippen LogP contribution in [0.4, 0.5) is 11.4 Å². The second kappa shape index (κ2) is 40.6. The number of anilines is 2. The van der Waals surface area contributed by atoms with Gasteiger partial charge in [0.05, 0.1) is 6.61 Å². The fourth-order valence-electron chi connectivity index (χ4n) is 8.16. The maximum absolute atomic E-state index is 12.9. The van der Waals surface area contributed by atoms with E-state index in [1.807, 2.05) is 6.92 Å². The van der Waals surface area contributed by atoms with Crippen molar-refractivity contribution in [3.05, 3.63) is 20.4 Å². The lowest BCUT2D eigenvalue weighted by molar-refractivity contribution is -0.150. The van der Waals surface area contributed by atoms with Gasteiger partial charge in [0.25, 0.3) is 10.9 Å². The van der Waals surface area contributed by atoms with Crippen molar-refractivity contribution in [3.8, 4) is 0 Å². The third-order valence-corrected chi connectivity index (χ3v) is 12.0. The van der Waals surface area contributed by atoms with Gasteiger partial charge in [-0.15, -0.1) is 0 Å². The minimum Gasteiger partial charge on any atom is -0.466 e. The molecule has 0 spiro atoms. The third kappa shape index (κ3) is 30.6. The average molecular weight is 846 g/mol. The maximum atomic E-state index is 12.9. The molecule has 0 unspecified atom stereocenters. The van der Waals surface area contributed by atoms with Crippen LogP contribution in [0.5, 0.6) is 0 Å². The predicted octanol–water partition coefficient (Wildman–Crippen LogP) is 13.2. The summed E-state index contributed by atoms with van der Waals surface area (Å²) in [5, 5.41) is 6.22. The third-order valence-electron chi connectivity index (χ3n) is 12.0. The first-order valence-electron chi connectivity index (χ1n) is 25.8. The van der Waals surface area contributed by atoms with E-state index in [-0.39, 0.29) is 18.0 Å². The lowest BCUT2D eigenvalue weighted by Gasteiger charge is -2.23. The first-order valence-corrected chi connectivity index (χ1v) is 25.8. The molecule has 0 bridgehead atoms. The second-order valence-electron chi connectivity index (χ2n) is 17.7. The molecular formula is C51H95N3O6. The molecule has 0 saturated carbocycles. The predicted molar refractivity (Wildman–Crippen MR) is 255 cm³/mol. The molecule has 60 heavy (non-hydrogen) atoms. The van der Waals surface area contributed by atoms with E-state index in [0.29, 0.717) is 43.9 Å². The molecule has 0 radical (unpaired) electrons. The highest BCUT2D eigenvalue weighted by Crippen LogP contribution is 2.19. The summed E-state index contributed by atoms with van der Waals surface area (Å²) in [5.74, 6) is -0.0508. The van der Waals surface area contributed by atoms with Crippen molar-refractivity contribution >= 4 is 23.3 Å². The van der Waals surface area contributed by atoms with Gasteiger partial charge in [-0.25, -0.2) is 0 Å². The number of carbonyl (C=O) groups is 2. The Morgan fingerprint density at radius 3 is 1.37 bits per heavy atom. The normalized spacial score (nSPS) is 11.6. The Balaban J connectivity index is 2.39. The number of ether oxygens (including phenoxy) is 2. The van der Waals surface area contributed by atoms with Crippen LogP contribution in [-0.2, 0) is 19.1 Å². The van der Waals surface area contributed by atoms with Crippen LogP contribution in [0.3, 0.4) is 0 Å². The van der Waals surface area contributed by atoms with Crippen LogP contribution in [0.2, 0.25) is 0 Å². The number of hydrogen-bond donors (Lipinski definition) is 2. The number of carbonyl (C=O) groups excluding carboxylic acids is 2. The van der Waals surface area contributed by atoms with Crippen LogP contribution in [0.1, 0.15) is 246 Å². The molecule has 9 heteroatoms. The van der Waals surface area contributed by atoms with Crippen molar-refractivity contribution in [2.75, 3.05) is 50.0 Å². The van der Waals surface area contributed by atoms with Crippen molar-refractivity contribution in [1.82, 2.24) is 4.90 Å². The molecule has 9 nitrogen and oxygen atoms in total. The minimum absolute atomic E-state index is 0.00295. The summed E-state index contributed by atoms with van der Waals surface area (Å²) in [6.07, 6.45) is 38.6. The molecule has 0 amide bonds.